The van der Waals surface area contributed by atoms with Crippen molar-refractivity contribution in [1.82, 2.24) is 4.90 Å². The zero-order valence-corrected chi connectivity index (χ0v) is 12.2. The molecule has 0 radical (unpaired) electrons. The summed E-state index contributed by atoms with van der Waals surface area (Å²) in [5.74, 6) is -0.246. The number of hydrogen-bond acceptors (Lipinski definition) is 3. The number of hydrogen-bond donors (Lipinski definition) is 1. The lowest BCUT2D eigenvalue weighted by molar-refractivity contribution is -0.116. The van der Waals surface area contributed by atoms with E-state index in [2.05, 4.69) is 5.32 Å². The van der Waals surface area contributed by atoms with Crippen LogP contribution in [0, 0.1) is 0 Å². The highest BCUT2D eigenvalue weighted by atomic mass is 16.2. The first-order valence-corrected chi connectivity index (χ1v) is 6.71. The molecular weight excluding hydrogens is 264 g/mol. The number of para-hydroxylation sites is 1. The molecule has 0 bridgehead atoms. The van der Waals surface area contributed by atoms with Crippen molar-refractivity contribution >= 4 is 17.4 Å². The van der Waals surface area contributed by atoms with Crippen LogP contribution in [-0.2, 0) is 4.79 Å². The summed E-state index contributed by atoms with van der Waals surface area (Å²) in [6.07, 6.45) is 0. The van der Waals surface area contributed by atoms with Gasteiger partial charge in [-0.2, -0.15) is 0 Å². The van der Waals surface area contributed by atoms with Gasteiger partial charge < -0.3 is 10.2 Å². The Hall–Kier alpha value is -2.46. The van der Waals surface area contributed by atoms with Crippen LogP contribution in [0.4, 0.5) is 5.69 Å². The Balaban J connectivity index is 2.25. The van der Waals surface area contributed by atoms with Gasteiger partial charge in [0.05, 0.1) is 12.2 Å². The Morgan fingerprint density at radius 3 is 2.24 bits per heavy atom. The normalized spacial score (nSPS) is 10.4. The molecule has 1 amide bonds. The van der Waals surface area contributed by atoms with Crippen molar-refractivity contribution in [3.05, 3.63) is 65.7 Å². The third-order valence-corrected chi connectivity index (χ3v) is 2.94. The first-order valence-electron chi connectivity index (χ1n) is 6.71. The second-order valence-corrected chi connectivity index (χ2v) is 5.03. The molecule has 0 aliphatic rings. The first-order chi connectivity index (χ1) is 10.1. The predicted molar refractivity (Wildman–Crippen MR) is 83.5 cm³/mol. The molecule has 0 fully saturated rings. The fourth-order valence-corrected chi connectivity index (χ4v) is 2.01. The molecule has 4 heteroatoms. The van der Waals surface area contributed by atoms with Crippen LogP contribution in [0.25, 0.3) is 0 Å². The number of rotatable bonds is 5. The van der Waals surface area contributed by atoms with Gasteiger partial charge in [-0.15, -0.1) is 0 Å². The van der Waals surface area contributed by atoms with E-state index < -0.39 is 0 Å². The van der Waals surface area contributed by atoms with Crippen LogP contribution >= 0.6 is 0 Å². The second-order valence-electron chi connectivity index (χ2n) is 5.03. The van der Waals surface area contributed by atoms with E-state index in [1.54, 1.807) is 41.3 Å². The summed E-state index contributed by atoms with van der Waals surface area (Å²) >= 11 is 0. The lowest BCUT2D eigenvalue weighted by atomic mass is 10.0. The van der Waals surface area contributed by atoms with E-state index in [4.69, 9.17) is 0 Å². The number of amides is 1. The number of carbonyl (C=O) groups excluding carboxylic acids is 2. The highest BCUT2D eigenvalue weighted by molar-refractivity contribution is 6.13. The van der Waals surface area contributed by atoms with Gasteiger partial charge in [-0.25, -0.2) is 0 Å². The van der Waals surface area contributed by atoms with Crippen molar-refractivity contribution in [2.75, 3.05) is 26.0 Å². The lowest BCUT2D eigenvalue weighted by Gasteiger charge is -2.13. The Labute approximate surface area is 124 Å². The minimum atomic E-state index is -0.145. The maximum absolute atomic E-state index is 12.5. The average molecular weight is 282 g/mol. The molecule has 0 spiro atoms. The molecule has 0 aliphatic heterocycles. The Morgan fingerprint density at radius 2 is 1.57 bits per heavy atom. The van der Waals surface area contributed by atoms with Crippen LogP contribution in [0.2, 0.25) is 0 Å². The third-order valence-electron chi connectivity index (χ3n) is 2.94. The molecule has 0 aromatic heterocycles. The van der Waals surface area contributed by atoms with Gasteiger partial charge >= 0.3 is 0 Å². The standard InChI is InChI=1S/C17H18N2O2/c1-19(2)12-16(20)18-15-11-7-6-10-14(15)17(21)13-8-4-3-5-9-13/h3-11H,12H2,1-2H3,(H,18,20). The molecule has 21 heavy (non-hydrogen) atoms. The second kappa shape index (κ2) is 6.81. The fraction of sp³-hybridized carbons (Fsp3) is 0.176. The van der Waals surface area contributed by atoms with Gasteiger partial charge in [0.2, 0.25) is 5.91 Å². The Bertz CT molecular complexity index is 636. The third kappa shape index (κ3) is 4.00. The van der Waals surface area contributed by atoms with Crippen LogP contribution in [0.5, 0.6) is 0 Å². The molecule has 0 atom stereocenters. The van der Waals surface area contributed by atoms with Crippen LogP contribution in [-0.4, -0.2) is 37.2 Å². The predicted octanol–water partition coefficient (Wildman–Crippen LogP) is 2.42. The summed E-state index contributed by atoms with van der Waals surface area (Å²) in [4.78, 5) is 26.2. The van der Waals surface area contributed by atoms with Crippen molar-refractivity contribution < 1.29 is 9.59 Å². The largest absolute Gasteiger partial charge is 0.324 e. The van der Waals surface area contributed by atoms with Gasteiger partial charge in [-0.3, -0.25) is 9.59 Å². The lowest BCUT2D eigenvalue weighted by Crippen LogP contribution is -2.27. The van der Waals surface area contributed by atoms with Crippen LogP contribution in [0.1, 0.15) is 15.9 Å². The number of ketones is 1. The van der Waals surface area contributed by atoms with Crippen LogP contribution in [0.3, 0.4) is 0 Å². The molecule has 2 rings (SSSR count). The Kier molecular flexibility index (Phi) is 4.85. The number of benzene rings is 2. The molecule has 0 aliphatic carbocycles. The summed E-state index contributed by atoms with van der Waals surface area (Å²) in [6, 6.07) is 16.1. The molecule has 2 aromatic carbocycles. The quantitative estimate of drug-likeness (QED) is 0.857. The summed E-state index contributed by atoms with van der Waals surface area (Å²) in [5, 5.41) is 2.79. The highest BCUT2D eigenvalue weighted by Gasteiger charge is 2.14. The first kappa shape index (κ1) is 14.9. The molecule has 1 N–H and O–H groups in total. The van der Waals surface area contributed by atoms with Gasteiger partial charge in [0.15, 0.2) is 5.78 Å². The number of nitrogens with one attached hydrogen (secondary N) is 1. The zero-order chi connectivity index (χ0) is 15.2. The van der Waals surface area contributed by atoms with Crippen molar-refractivity contribution in [2.24, 2.45) is 0 Å². The molecule has 2 aromatic rings. The molecule has 108 valence electrons. The van der Waals surface area contributed by atoms with E-state index >= 15 is 0 Å². The summed E-state index contributed by atoms with van der Waals surface area (Å²) in [6.45, 7) is 0.272. The average Bonchev–Trinajstić information content (AvgIpc) is 2.47. The van der Waals surface area contributed by atoms with Gasteiger partial charge in [0.25, 0.3) is 0 Å². The van der Waals surface area contributed by atoms with E-state index in [0.29, 0.717) is 16.8 Å². The smallest absolute Gasteiger partial charge is 0.238 e. The van der Waals surface area contributed by atoms with Crippen molar-refractivity contribution in [3.8, 4) is 0 Å². The fourth-order valence-electron chi connectivity index (χ4n) is 2.01. The zero-order valence-electron chi connectivity index (χ0n) is 12.2. The van der Waals surface area contributed by atoms with E-state index in [1.165, 1.54) is 0 Å². The highest BCUT2D eigenvalue weighted by Crippen LogP contribution is 2.19. The maximum Gasteiger partial charge on any atom is 0.238 e. The number of likely N-dealkylation sites (N-methyl/N-ethyl adjacent to an activating group) is 1. The molecule has 0 heterocycles. The van der Waals surface area contributed by atoms with Gasteiger partial charge in [0, 0.05) is 11.1 Å². The van der Waals surface area contributed by atoms with Crippen molar-refractivity contribution in [3.63, 3.8) is 0 Å². The summed E-state index contributed by atoms with van der Waals surface area (Å²) in [7, 11) is 3.64. The van der Waals surface area contributed by atoms with Gasteiger partial charge in [0.1, 0.15) is 0 Å². The number of anilines is 1. The molecule has 0 unspecified atom stereocenters. The van der Waals surface area contributed by atoms with Crippen molar-refractivity contribution in [2.45, 2.75) is 0 Å². The molecule has 0 saturated heterocycles. The maximum atomic E-state index is 12.5. The van der Waals surface area contributed by atoms with Gasteiger partial charge in [-0.05, 0) is 26.2 Å². The van der Waals surface area contributed by atoms with E-state index in [-0.39, 0.29) is 18.2 Å². The summed E-state index contributed by atoms with van der Waals surface area (Å²) < 4.78 is 0. The Morgan fingerprint density at radius 1 is 0.952 bits per heavy atom. The topological polar surface area (TPSA) is 49.4 Å². The summed E-state index contributed by atoms with van der Waals surface area (Å²) in [5.41, 5.74) is 1.64. The van der Waals surface area contributed by atoms with Crippen molar-refractivity contribution in [1.29, 1.82) is 0 Å². The van der Waals surface area contributed by atoms with E-state index in [1.807, 2.05) is 32.3 Å². The SMILES string of the molecule is CN(C)CC(=O)Nc1ccccc1C(=O)c1ccccc1. The van der Waals surface area contributed by atoms with Crippen LogP contribution < -0.4 is 5.32 Å². The van der Waals surface area contributed by atoms with Gasteiger partial charge in [-0.1, -0.05) is 42.5 Å². The van der Waals surface area contributed by atoms with Crippen LogP contribution in [0.15, 0.2) is 54.6 Å². The number of nitrogens with zero attached hydrogens (tertiary/aromatic N) is 1. The molecular formula is C17H18N2O2. The minimum absolute atomic E-state index is 0.101. The number of carbonyl (C=O) groups is 2. The monoisotopic (exact) mass is 282 g/mol. The molecule has 0 saturated carbocycles. The minimum Gasteiger partial charge on any atom is -0.324 e. The van der Waals surface area contributed by atoms with E-state index in [0.717, 1.165) is 0 Å². The molecule has 4 nitrogen and oxygen atoms in total. The van der Waals surface area contributed by atoms with E-state index in [9.17, 15) is 9.59 Å².